The molecule has 72 valence electrons. The monoisotopic (exact) mass is 176 g/mol. The Morgan fingerprint density at radius 3 is 2.08 bits per heavy atom. The van der Waals surface area contributed by atoms with Gasteiger partial charge in [0.1, 0.15) is 0 Å². The van der Waals surface area contributed by atoms with Gasteiger partial charge in [0, 0.05) is 0 Å². The second-order valence-electron chi connectivity index (χ2n) is 5.08. The van der Waals surface area contributed by atoms with E-state index in [1.165, 1.54) is 12.0 Å². The van der Waals surface area contributed by atoms with Crippen LogP contribution in [0.2, 0.25) is 0 Å². The highest BCUT2D eigenvalue weighted by molar-refractivity contribution is 5.18. The van der Waals surface area contributed by atoms with Gasteiger partial charge in [0.15, 0.2) is 0 Å². The molecule has 0 aliphatic rings. The standard InChI is InChI=1S/C13H20/c1-11(10-13(2,3)4)12-8-6-5-7-9-12/h5-9,11H,10H2,1-4H3/t11-/m1/s1. The zero-order valence-electron chi connectivity index (χ0n) is 9.17. The molecule has 0 fully saturated rings. The summed E-state index contributed by atoms with van der Waals surface area (Å²) < 4.78 is 0. The maximum atomic E-state index is 2.31. The van der Waals surface area contributed by atoms with Gasteiger partial charge in [-0.1, -0.05) is 58.0 Å². The van der Waals surface area contributed by atoms with Crippen molar-refractivity contribution in [2.75, 3.05) is 0 Å². The second-order valence-corrected chi connectivity index (χ2v) is 5.08. The average Bonchev–Trinajstić information content (AvgIpc) is 2.03. The SMILES string of the molecule is C[C@H](CC(C)(C)C)c1ccccc1. The van der Waals surface area contributed by atoms with E-state index < -0.39 is 0 Å². The van der Waals surface area contributed by atoms with Crippen LogP contribution in [0.4, 0.5) is 0 Å². The Hall–Kier alpha value is -0.780. The van der Waals surface area contributed by atoms with Crippen LogP contribution in [-0.2, 0) is 0 Å². The first-order chi connectivity index (χ1) is 5.99. The lowest BCUT2D eigenvalue weighted by Gasteiger charge is -2.23. The number of rotatable bonds is 2. The molecule has 1 aromatic carbocycles. The molecule has 1 atom stereocenters. The van der Waals surface area contributed by atoms with Gasteiger partial charge in [-0.3, -0.25) is 0 Å². The first kappa shape index (κ1) is 10.3. The third kappa shape index (κ3) is 3.63. The fourth-order valence-electron chi connectivity index (χ4n) is 1.82. The first-order valence-corrected chi connectivity index (χ1v) is 5.04. The zero-order chi connectivity index (χ0) is 9.90. The summed E-state index contributed by atoms with van der Waals surface area (Å²) in [5, 5.41) is 0. The summed E-state index contributed by atoms with van der Waals surface area (Å²) in [5.74, 6) is 0.668. The van der Waals surface area contributed by atoms with E-state index in [-0.39, 0.29) is 0 Å². The number of benzene rings is 1. The molecule has 0 saturated carbocycles. The van der Waals surface area contributed by atoms with Crippen LogP contribution in [0.1, 0.15) is 45.6 Å². The Balaban J connectivity index is 2.64. The fraction of sp³-hybridized carbons (Fsp3) is 0.538. The Morgan fingerprint density at radius 2 is 1.62 bits per heavy atom. The average molecular weight is 176 g/mol. The molecule has 0 heterocycles. The first-order valence-electron chi connectivity index (χ1n) is 5.04. The van der Waals surface area contributed by atoms with E-state index in [0.717, 1.165) is 0 Å². The molecule has 0 aromatic heterocycles. The predicted octanol–water partition coefficient (Wildman–Crippen LogP) is 4.23. The highest BCUT2D eigenvalue weighted by Crippen LogP contribution is 2.30. The molecule has 0 unspecified atom stereocenters. The van der Waals surface area contributed by atoms with Crippen molar-refractivity contribution in [3.63, 3.8) is 0 Å². The van der Waals surface area contributed by atoms with Gasteiger partial charge in [-0.15, -0.1) is 0 Å². The highest BCUT2D eigenvalue weighted by atomic mass is 14.2. The van der Waals surface area contributed by atoms with E-state index in [4.69, 9.17) is 0 Å². The minimum atomic E-state index is 0.426. The molecule has 0 bridgehead atoms. The molecule has 0 heteroatoms. The van der Waals surface area contributed by atoms with Crippen molar-refractivity contribution in [2.24, 2.45) is 5.41 Å². The second kappa shape index (κ2) is 3.95. The zero-order valence-corrected chi connectivity index (χ0v) is 9.17. The number of hydrogen-bond donors (Lipinski definition) is 0. The summed E-state index contributed by atoms with van der Waals surface area (Å²) in [7, 11) is 0. The summed E-state index contributed by atoms with van der Waals surface area (Å²) in [6.45, 7) is 9.20. The van der Waals surface area contributed by atoms with Crippen molar-refractivity contribution < 1.29 is 0 Å². The molecule has 0 aliphatic heterocycles. The molecule has 13 heavy (non-hydrogen) atoms. The number of hydrogen-bond acceptors (Lipinski definition) is 0. The van der Waals surface area contributed by atoms with Gasteiger partial charge >= 0.3 is 0 Å². The van der Waals surface area contributed by atoms with Gasteiger partial charge < -0.3 is 0 Å². The van der Waals surface area contributed by atoms with Crippen LogP contribution in [0.3, 0.4) is 0 Å². The molecule has 0 radical (unpaired) electrons. The summed E-state index contributed by atoms with van der Waals surface area (Å²) in [6.07, 6.45) is 1.25. The van der Waals surface area contributed by atoms with Crippen LogP contribution in [0, 0.1) is 5.41 Å². The Bertz CT molecular complexity index is 240. The van der Waals surface area contributed by atoms with Crippen LogP contribution < -0.4 is 0 Å². The molecule has 0 nitrogen and oxygen atoms in total. The lowest BCUT2D eigenvalue weighted by Crippen LogP contribution is -2.09. The Kier molecular flexibility index (Phi) is 3.13. The van der Waals surface area contributed by atoms with E-state index in [1.54, 1.807) is 0 Å². The van der Waals surface area contributed by atoms with E-state index in [2.05, 4.69) is 58.0 Å². The van der Waals surface area contributed by atoms with Crippen LogP contribution >= 0.6 is 0 Å². The lowest BCUT2D eigenvalue weighted by atomic mass is 9.82. The van der Waals surface area contributed by atoms with Crippen LogP contribution in [0.15, 0.2) is 30.3 Å². The van der Waals surface area contributed by atoms with Crippen LogP contribution in [0.25, 0.3) is 0 Å². The summed E-state index contributed by atoms with van der Waals surface area (Å²) in [4.78, 5) is 0. The van der Waals surface area contributed by atoms with Gasteiger partial charge in [0.2, 0.25) is 0 Å². The third-order valence-electron chi connectivity index (χ3n) is 2.29. The largest absolute Gasteiger partial charge is 0.0622 e. The van der Waals surface area contributed by atoms with E-state index in [0.29, 0.717) is 11.3 Å². The molecular weight excluding hydrogens is 156 g/mol. The minimum Gasteiger partial charge on any atom is -0.0622 e. The van der Waals surface area contributed by atoms with Crippen molar-refractivity contribution in [1.82, 2.24) is 0 Å². The topological polar surface area (TPSA) is 0 Å². The van der Waals surface area contributed by atoms with Crippen molar-refractivity contribution >= 4 is 0 Å². The van der Waals surface area contributed by atoms with Gasteiger partial charge in [-0.05, 0) is 23.3 Å². The normalized spacial score (nSPS) is 14.2. The maximum absolute atomic E-state index is 2.31. The Labute approximate surface area is 82.0 Å². The van der Waals surface area contributed by atoms with E-state index in [9.17, 15) is 0 Å². The van der Waals surface area contributed by atoms with Crippen molar-refractivity contribution in [2.45, 2.75) is 40.0 Å². The molecule has 1 aromatic rings. The fourth-order valence-corrected chi connectivity index (χ4v) is 1.82. The Morgan fingerprint density at radius 1 is 1.08 bits per heavy atom. The molecular formula is C13H20. The lowest BCUT2D eigenvalue weighted by molar-refractivity contribution is 0.349. The smallest absolute Gasteiger partial charge is 0.0185 e. The van der Waals surface area contributed by atoms with Gasteiger partial charge in [-0.25, -0.2) is 0 Å². The molecule has 0 aliphatic carbocycles. The van der Waals surface area contributed by atoms with Gasteiger partial charge in [0.05, 0.1) is 0 Å². The molecule has 0 saturated heterocycles. The van der Waals surface area contributed by atoms with E-state index >= 15 is 0 Å². The van der Waals surface area contributed by atoms with Gasteiger partial charge in [-0.2, -0.15) is 0 Å². The quantitative estimate of drug-likeness (QED) is 0.632. The maximum Gasteiger partial charge on any atom is -0.0185 e. The predicted molar refractivity (Wildman–Crippen MR) is 58.9 cm³/mol. The molecule has 0 N–H and O–H groups in total. The van der Waals surface area contributed by atoms with Crippen molar-refractivity contribution in [3.05, 3.63) is 35.9 Å². The van der Waals surface area contributed by atoms with Gasteiger partial charge in [0.25, 0.3) is 0 Å². The van der Waals surface area contributed by atoms with Crippen molar-refractivity contribution in [3.8, 4) is 0 Å². The molecule has 1 rings (SSSR count). The van der Waals surface area contributed by atoms with E-state index in [1.807, 2.05) is 0 Å². The highest BCUT2D eigenvalue weighted by Gasteiger charge is 2.15. The van der Waals surface area contributed by atoms with Crippen molar-refractivity contribution in [1.29, 1.82) is 0 Å². The third-order valence-corrected chi connectivity index (χ3v) is 2.29. The molecule has 0 amide bonds. The van der Waals surface area contributed by atoms with Crippen LogP contribution in [0.5, 0.6) is 0 Å². The summed E-state index contributed by atoms with van der Waals surface area (Å²) >= 11 is 0. The summed E-state index contributed by atoms with van der Waals surface area (Å²) in [5.41, 5.74) is 1.88. The minimum absolute atomic E-state index is 0.426. The van der Waals surface area contributed by atoms with Crippen LogP contribution in [-0.4, -0.2) is 0 Å². The molecule has 0 spiro atoms. The summed E-state index contributed by atoms with van der Waals surface area (Å²) in [6, 6.07) is 10.8.